The summed E-state index contributed by atoms with van der Waals surface area (Å²) in [5.74, 6) is 2.03. The zero-order valence-corrected chi connectivity index (χ0v) is 26.3. The lowest BCUT2D eigenvalue weighted by atomic mass is 10.1. The lowest BCUT2D eigenvalue weighted by molar-refractivity contribution is 0.234. The molecular weight excluding hydrogens is 638 g/mol. The number of fused-ring (bicyclic) bond motifs is 2. The van der Waals surface area contributed by atoms with E-state index in [1.54, 1.807) is 60.7 Å². The van der Waals surface area contributed by atoms with E-state index in [1.165, 1.54) is 7.11 Å². The zero-order valence-electron chi connectivity index (χ0n) is 26.3. The van der Waals surface area contributed by atoms with Gasteiger partial charge in [0.05, 0.1) is 35.3 Å². The maximum atomic E-state index is 9.32. The number of hydrogen-bond donors (Lipinski definition) is 6. The van der Waals surface area contributed by atoms with Crippen LogP contribution in [-0.2, 0) is 6.61 Å². The summed E-state index contributed by atoms with van der Waals surface area (Å²) in [4.78, 5) is 13.3. The average molecular weight is 666 g/mol. The summed E-state index contributed by atoms with van der Waals surface area (Å²) in [5.41, 5.74) is 18.8. The molecular formula is C35H27N11O4. The summed E-state index contributed by atoms with van der Waals surface area (Å²) in [6.45, 7) is 0.156. The van der Waals surface area contributed by atoms with E-state index in [1.807, 2.05) is 29.7 Å². The molecule has 0 fully saturated rings. The number of anilines is 4. The van der Waals surface area contributed by atoms with Gasteiger partial charge in [0.2, 0.25) is 17.7 Å². The minimum absolute atomic E-state index is 0.0663. The van der Waals surface area contributed by atoms with Crippen LogP contribution in [-0.4, -0.2) is 43.3 Å². The van der Waals surface area contributed by atoms with E-state index in [9.17, 15) is 5.26 Å². The molecule has 0 atom stereocenters. The third-order valence-corrected chi connectivity index (χ3v) is 7.73. The number of methoxy groups -OCH3 is 1. The molecule has 0 radical (unpaired) electrons. The Morgan fingerprint density at radius 3 is 2.50 bits per heavy atom. The normalized spacial score (nSPS) is 10.9. The molecule has 8 N–H and O–H groups in total. The molecule has 3 aromatic heterocycles. The Balaban J connectivity index is 1.19. The second kappa shape index (κ2) is 13.1. The summed E-state index contributed by atoms with van der Waals surface area (Å²) in [6.07, 6.45) is 0. The molecule has 0 saturated heterocycles. The molecule has 7 aromatic rings. The number of rotatable bonds is 9. The molecule has 4 aromatic carbocycles. The van der Waals surface area contributed by atoms with Crippen LogP contribution in [0.1, 0.15) is 16.7 Å². The number of amidine groups is 1. The third-order valence-electron chi connectivity index (χ3n) is 7.73. The van der Waals surface area contributed by atoms with Crippen molar-refractivity contribution < 1.29 is 19.1 Å². The summed E-state index contributed by atoms with van der Waals surface area (Å²) in [7, 11) is 1.54. The van der Waals surface area contributed by atoms with Crippen LogP contribution in [0.5, 0.6) is 11.5 Å². The highest BCUT2D eigenvalue weighted by atomic mass is 16.5. The molecule has 15 heteroatoms. The Labute approximate surface area is 283 Å². The van der Waals surface area contributed by atoms with Crippen molar-refractivity contribution in [1.29, 1.82) is 10.7 Å². The smallest absolute Gasteiger partial charge is 0.248 e. The van der Waals surface area contributed by atoms with Gasteiger partial charge in [-0.3, -0.25) is 16.1 Å². The molecule has 0 unspecified atom stereocenters. The number of ether oxygens (including phenoxy) is 2. The van der Waals surface area contributed by atoms with Gasteiger partial charge in [-0.25, -0.2) is 9.97 Å². The van der Waals surface area contributed by atoms with E-state index < -0.39 is 0 Å². The second-order valence-corrected chi connectivity index (χ2v) is 11.0. The maximum Gasteiger partial charge on any atom is 0.248 e. The van der Waals surface area contributed by atoms with Crippen molar-refractivity contribution >= 4 is 50.9 Å². The van der Waals surface area contributed by atoms with Gasteiger partial charge in [0.15, 0.2) is 11.5 Å². The molecule has 0 bridgehead atoms. The molecule has 0 amide bonds. The van der Waals surface area contributed by atoms with Gasteiger partial charge in [-0.2, -0.15) is 10.2 Å². The highest BCUT2D eigenvalue weighted by Gasteiger charge is 2.18. The third kappa shape index (κ3) is 6.20. The molecule has 50 heavy (non-hydrogen) atoms. The van der Waals surface area contributed by atoms with Crippen molar-refractivity contribution in [3.05, 3.63) is 102 Å². The molecule has 3 heterocycles. The van der Waals surface area contributed by atoms with Gasteiger partial charge < -0.3 is 30.7 Å². The van der Waals surface area contributed by atoms with Crippen LogP contribution in [0.3, 0.4) is 0 Å². The van der Waals surface area contributed by atoms with Crippen molar-refractivity contribution in [2.24, 2.45) is 0 Å². The molecule has 0 spiro atoms. The minimum Gasteiger partial charge on any atom is -0.493 e. The fraction of sp³-hybridized carbons (Fsp3) is 0.0571. The largest absolute Gasteiger partial charge is 0.493 e. The predicted octanol–water partition coefficient (Wildman–Crippen LogP) is 5.57. The molecule has 0 saturated carbocycles. The van der Waals surface area contributed by atoms with Gasteiger partial charge in [0, 0.05) is 33.7 Å². The number of hydroxylamine groups is 1. The topological polar surface area (TPSA) is 240 Å². The Morgan fingerprint density at radius 2 is 1.72 bits per heavy atom. The number of hydrogen-bond acceptors (Lipinski definition) is 14. The molecule has 246 valence electrons. The highest BCUT2D eigenvalue weighted by molar-refractivity contribution is 5.96. The molecule has 0 aliphatic carbocycles. The van der Waals surface area contributed by atoms with Crippen molar-refractivity contribution in [2.45, 2.75) is 6.61 Å². The molecule has 0 aliphatic heterocycles. The predicted molar refractivity (Wildman–Crippen MR) is 186 cm³/mol. The fourth-order valence-electron chi connectivity index (χ4n) is 5.34. The summed E-state index contributed by atoms with van der Waals surface area (Å²) in [5, 5.41) is 39.1. The zero-order chi connectivity index (χ0) is 34.8. The van der Waals surface area contributed by atoms with E-state index in [4.69, 9.17) is 36.0 Å². The standard InChI is InChI=1S/C35H27N11O4/c1-48-28-15-27-25(32(43-35(39)42-27)40-22-4-2-3-18(11-22)16-36)13-29(28)49-17-19-5-10-26-23(12-19)24(14-30(37)41-26)34-45-44-33(50-34)21-8-6-20(7-9-21)31(38)46-47/h2-15,47H,17H2,1H3,(H2,37,41)(H2,38,46)(H3,39,40,42,43). The number of nitrogens with two attached hydrogens (primary N) is 2. The maximum absolute atomic E-state index is 9.32. The first-order chi connectivity index (χ1) is 24.3. The van der Waals surface area contributed by atoms with Crippen LogP contribution >= 0.6 is 0 Å². The van der Waals surface area contributed by atoms with Crippen molar-refractivity contribution in [1.82, 2.24) is 30.6 Å². The van der Waals surface area contributed by atoms with E-state index in [0.717, 1.165) is 5.56 Å². The molecule has 15 nitrogen and oxygen atoms in total. The average Bonchev–Trinajstić information content (AvgIpc) is 3.63. The van der Waals surface area contributed by atoms with Crippen molar-refractivity contribution in [3.63, 3.8) is 0 Å². The van der Waals surface area contributed by atoms with Gasteiger partial charge in [-0.1, -0.05) is 24.3 Å². The first-order valence-electron chi connectivity index (χ1n) is 15.0. The number of pyridine rings is 1. The Kier molecular flexibility index (Phi) is 8.18. The van der Waals surface area contributed by atoms with E-state index in [0.29, 0.717) is 67.1 Å². The summed E-state index contributed by atoms with van der Waals surface area (Å²) in [6, 6.07) is 26.6. The second-order valence-electron chi connectivity index (χ2n) is 11.0. The lowest BCUT2D eigenvalue weighted by Gasteiger charge is -2.15. The summed E-state index contributed by atoms with van der Waals surface area (Å²) >= 11 is 0. The van der Waals surface area contributed by atoms with Crippen LogP contribution in [0.15, 0.2) is 89.3 Å². The Morgan fingerprint density at radius 1 is 0.900 bits per heavy atom. The first kappa shape index (κ1) is 31.3. The number of nitriles is 1. The quantitative estimate of drug-likeness (QED) is 0.0628. The Hall–Kier alpha value is -7.31. The van der Waals surface area contributed by atoms with Gasteiger partial charge in [-0.05, 0) is 60.2 Å². The van der Waals surface area contributed by atoms with Gasteiger partial charge >= 0.3 is 0 Å². The van der Waals surface area contributed by atoms with E-state index in [-0.39, 0.29) is 36.0 Å². The summed E-state index contributed by atoms with van der Waals surface area (Å²) < 4.78 is 18.0. The Bertz CT molecular complexity index is 2460. The van der Waals surface area contributed by atoms with Crippen LogP contribution in [0.2, 0.25) is 0 Å². The number of nitrogens with one attached hydrogen (secondary N) is 3. The molecule has 7 rings (SSSR count). The minimum atomic E-state index is -0.139. The van der Waals surface area contributed by atoms with Crippen molar-refractivity contribution in [3.8, 4) is 40.5 Å². The number of nitrogens with zero attached hydrogens (tertiary/aromatic N) is 6. The molecule has 0 aliphatic rings. The highest BCUT2D eigenvalue weighted by Crippen LogP contribution is 2.37. The number of aromatic nitrogens is 5. The SMILES string of the molecule is COc1cc2nc(N)nc(Nc3cccc(C#N)c3)c2cc1OCc1ccc2nc(N)cc(-c3nnc(-c4ccc(C(=N)NO)cc4)o3)c2c1. The van der Waals surface area contributed by atoms with Crippen LogP contribution in [0.25, 0.3) is 44.7 Å². The number of nitrogen functional groups attached to an aromatic ring is 2. The van der Waals surface area contributed by atoms with Crippen molar-refractivity contribution in [2.75, 3.05) is 23.9 Å². The van der Waals surface area contributed by atoms with Gasteiger partial charge in [-0.15, -0.1) is 10.2 Å². The first-order valence-corrected chi connectivity index (χ1v) is 15.0. The van der Waals surface area contributed by atoms with Gasteiger partial charge in [0.1, 0.15) is 24.1 Å². The number of benzene rings is 4. The van der Waals surface area contributed by atoms with Crippen LogP contribution in [0.4, 0.5) is 23.3 Å². The van der Waals surface area contributed by atoms with Crippen LogP contribution in [0, 0.1) is 16.7 Å². The lowest BCUT2D eigenvalue weighted by Crippen LogP contribution is -2.18. The van der Waals surface area contributed by atoms with Gasteiger partial charge in [0.25, 0.3) is 0 Å². The monoisotopic (exact) mass is 665 g/mol. The fourth-order valence-corrected chi connectivity index (χ4v) is 5.34. The van der Waals surface area contributed by atoms with E-state index in [2.05, 4.69) is 36.5 Å². The van der Waals surface area contributed by atoms with E-state index >= 15 is 0 Å². The van der Waals surface area contributed by atoms with Crippen LogP contribution < -0.4 is 31.7 Å².